The van der Waals surface area contributed by atoms with E-state index in [1.807, 2.05) is 0 Å². The van der Waals surface area contributed by atoms with Crippen LogP contribution in [0.2, 0.25) is 0 Å². The van der Waals surface area contributed by atoms with Crippen LogP contribution in [-0.4, -0.2) is 38.5 Å². The first-order valence-electron chi connectivity index (χ1n) is 5.85. The Labute approximate surface area is 100 Å². The van der Waals surface area contributed by atoms with Crippen LogP contribution in [-0.2, 0) is 24.2 Å². The van der Waals surface area contributed by atoms with Gasteiger partial charge < -0.3 is 5.11 Å². The van der Waals surface area contributed by atoms with E-state index in [2.05, 4.69) is 28.7 Å². The zero-order valence-electron chi connectivity index (χ0n) is 10.2. The molecule has 0 atom stereocenters. The Balaban J connectivity index is 2.19. The van der Waals surface area contributed by atoms with Gasteiger partial charge in [0.15, 0.2) is 0 Å². The fraction of sp³-hybridized carbons (Fsp3) is 0.583. The molecule has 0 aliphatic carbocycles. The molecule has 0 saturated carbocycles. The van der Waals surface area contributed by atoms with Crippen LogP contribution in [0.3, 0.4) is 0 Å². The van der Waals surface area contributed by atoms with E-state index in [4.69, 9.17) is 5.11 Å². The zero-order valence-corrected chi connectivity index (χ0v) is 10.2. The molecule has 2 rings (SSSR count). The van der Waals surface area contributed by atoms with Gasteiger partial charge in [-0.2, -0.15) is 0 Å². The Morgan fingerprint density at radius 3 is 3.00 bits per heavy atom. The van der Waals surface area contributed by atoms with Crippen molar-refractivity contribution in [1.82, 2.24) is 14.9 Å². The third-order valence-corrected chi connectivity index (χ3v) is 3.06. The Bertz CT molecular complexity index is 432. The van der Waals surface area contributed by atoms with Crippen molar-refractivity contribution in [2.24, 2.45) is 0 Å². The van der Waals surface area contributed by atoms with Crippen molar-refractivity contribution in [2.75, 3.05) is 6.54 Å². The van der Waals surface area contributed by atoms with Crippen molar-refractivity contribution in [2.45, 2.75) is 39.3 Å². The Morgan fingerprint density at radius 1 is 1.59 bits per heavy atom. The third-order valence-electron chi connectivity index (χ3n) is 3.06. The number of rotatable bonds is 3. The average Bonchev–Trinajstić information content (AvgIpc) is 2.27. The normalized spacial score (nSPS) is 15.9. The monoisotopic (exact) mass is 235 g/mol. The van der Waals surface area contributed by atoms with Crippen LogP contribution in [0.25, 0.3) is 0 Å². The van der Waals surface area contributed by atoms with Crippen molar-refractivity contribution >= 4 is 5.97 Å². The van der Waals surface area contributed by atoms with E-state index < -0.39 is 5.97 Å². The molecule has 1 aliphatic heterocycles. The van der Waals surface area contributed by atoms with Gasteiger partial charge in [0.1, 0.15) is 12.2 Å². The van der Waals surface area contributed by atoms with Gasteiger partial charge in [0.05, 0.1) is 5.69 Å². The van der Waals surface area contributed by atoms with E-state index in [0.29, 0.717) is 11.9 Å². The number of hydrogen-bond acceptors (Lipinski definition) is 4. The SMILES string of the molecule is CC(C)N1CCc2cnc(CC(=O)O)nc2C1. The summed E-state index contributed by atoms with van der Waals surface area (Å²) in [7, 11) is 0. The topological polar surface area (TPSA) is 66.3 Å². The molecule has 17 heavy (non-hydrogen) atoms. The van der Waals surface area contributed by atoms with Crippen LogP contribution in [0.5, 0.6) is 0 Å². The van der Waals surface area contributed by atoms with Crippen molar-refractivity contribution in [3.05, 3.63) is 23.3 Å². The van der Waals surface area contributed by atoms with Crippen molar-refractivity contribution < 1.29 is 9.90 Å². The Morgan fingerprint density at radius 2 is 2.35 bits per heavy atom. The van der Waals surface area contributed by atoms with Crippen LogP contribution in [0.15, 0.2) is 6.20 Å². The number of hydrogen-bond donors (Lipinski definition) is 1. The number of nitrogens with zero attached hydrogens (tertiary/aromatic N) is 3. The number of carboxylic acids is 1. The summed E-state index contributed by atoms with van der Waals surface area (Å²) in [5, 5.41) is 8.72. The lowest BCUT2D eigenvalue weighted by molar-refractivity contribution is -0.136. The minimum absolute atomic E-state index is 0.102. The summed E-state index contributed by atoms with van der Waals surface area (Å²) < 4.78 is 0. The van der Waals surface area contributed by atoms with Gasteiger partial charge in [0.2, 0.25) is 0 Å². The third kappa shape index (κ3) is 2.79. The molecule has 5 nitrogen and oxygen atoms in total. The Kier molecular flexibility index (Phi) is 3.38. The zero-order chi connectivity index (χ0) is 12.4. The molecule has 1 aromatic heterocycles. The maximum absolute atomic E-state index is 10.6. The van der Waals surface area contributed by atoms with E-state index >= 15 is 0 Å². The molecule has 92 valence electrons. The highest BCUT2D eigenvalue weighted by Crippen LogP contribution is 2.18. The molecule has 1 N–H and O–H groups in total. The Hall–Kier alpha value is -1.49. The number of aromatic nitrogens is 2. The first kappa shape index (κ1) is 12.0. The molecule has 2 heterocycles. The number of fused-ring (bicyclic) bond motifs is 1. The lowest BCUT2D eigenvalue weighted by Crippen LogP contribution is -2.36. The molecular weight excluding hydrogens is 218 g/mol. The molecule has 0 spiro atoms. The number of carboxylic acid groups (broad SMARTS) is 1. The molecule has 0 aromatic carbocycles. The molecule has 0 radical (unpaired) electrons. The van der Waals surface area contributed by atoms with Crippen molar-refractivity contribution in [3.8, 4) is 0 Å². The van der Waals surface area contributed by atoms with Gasteiger partial charge in [0, 0.05) is 25.3 Å². The molecular formula is C12H17N3O2. The maximum atomic E-state index is 10.6. The highest BCUT2D eigenvalue weighted by atomic mass is 16.4. The number of aliphatic carboxylic acids is 1. The predicted molar refractivity (Wildman–Crippen MR) is 62.6 cm³/mol. The summed E-state index contributed by atoms with van der Waals surface area (Å²) in [6.07, 6.45) is 2.62. The molecule has 0 amide bonds. The summed E-state index contributed by atoms with van der Waals surface area (Å²) in [4.78, 5) is 21.4. The lowest BCUT2D eigenvalue weighted by Gasteiger charge is -2.31. The van der Waals surface area contributed by atoms with Crippen LogP contribution in [0, 0.1) is 0 Å². The fourth-order valence-corrected chi connectivity index (χ4v) is 2.03. The molecule has 1 aliphatic rings. The van der Waals surface area contributed by atoms with E-state index in [1.54, 1.807) is 6.20 Å². The van der Waals surface area contributed by atoms with Crippen LogP contribution < -0.4 is 0 Å². The number of carbonyl (C=O) groups is 1. The summed E-state index contributed by atoms with van der Waals surface area (Å²) in [6.45, 7) is 6.13. The van der Waals surface area contributed by atoms with Gasteiger partial charge >= 0.3 is 5.97 Å². The quantitative estimate of drug-likeness (QED) is 0.842. The van der Waals surface area contributed by atoms with Gasteiger partial charge in [0.25, 0.3) is 0 Å². The average molecular weight is 235 g/mol. The molecule has 0 saturated heterocycles. The van der Waals surface area contributed by atoms with Crippen LogP contribution >= 0.6 is 0 Å². The second-order valence-corrected chi connectivity index (χ2v) is 4.64. The van der Waals surface area contributed by atoms with Gasteiger partial charge in [-0.25, -0.2) is 9.97 Å². The second kappa shape index (κ2) is 4.79. The van der Waals surface area contributed by atoms with Gasteiger partial charge in [-0.15, -0.1) is 0 Å². The smallest absolute Gasteiger partial charge is 0.311 e. The highest BCUT2D eigenvalue weighted by molar-refractivity contribution is 5.68. The molecule has 0 unspecified atom stereocenters. The van der Waals surface area contributed by atoms with E-state index in [9.17, 15) is 4.79 Å². The predicted octanol–water partition coefficient (Wildman–Crippen LogP) is 0.870. The molecule has 5 heteroatoms. The van der Waals surface area contributed by atoms with Crippen LogP contribution in [0.1, 0.15) is 30.9 Å². The van der Waals surface area contributed by atoms with Gasteiger partial charge in [-0.05, 0) is 25.8 Å². The maximum Gasteiger partial charge on any atom is 0.311 e. The van der Waals surface area contributed by atoms with E-state index in [1.165, 1.54) is 0 Å². The largest absolute Gasteiger partial charge is 0.481 e. The van der Waals surface area contributed by atoms with E-state index in [-0.39, 0.29) is 6.42 Å². The second-order valence-electron chi connectivity index (χ2n) is 4.64. The fourth-order valence-electron chi connectivity index (χ4n) is 2.03. The molecule has 0 bridgehead atoms. The first-order valence-corrected chi connectivity index (χ1v) is 5.85. The minimum Gasteiger partial charge on any atom is -0.481 e. The standard InChI is InChI=1S/C12H17N3O2/c1-8(2)15-4-3-9-6-13-11(5-12(16)17)14-10(9)7-15/h6,8H,3-5,7H2,1-2H3,(H,16,17). The first-order chi connectivity index (χ1) is 8.06. The van der Waals surface area contributed by atoms with Gasteiger partial charge in [-0.3, -0.25) is 9.69 Å². The van der Waals surface area contributed by atoms with E-state index in [0.717, 1.165) is 30.8 Å². The summed E-state index contributed by atoms with van der Waals surface area (Å²) in [6, 6.07) is 0.487. The van der Waals surface area contributed by atoms with Crippen molar-refractivity contribution in [1.29, 1.82) is 0 Å². The summed E-state index contributed by atoms with van der Waals surface area (Å²) >= 11 is 0. The molecule has 1 aromatic rings. The highest BCUT2D eigenvalue weighted by Gasteiger charge is 2.20. The molecule has 0 fully saturated rings. The minimum atomic E-state index is -0.888. The van der Waals surface area contributed by atoms with Gasteiger partial charge in [-0.1, -0.05) is 0 Å². The lowest BCUT2D eigenvalue weighted by atomic mass is 10.1. The summed E-state index contributed by atoms with van der Waals surface area (Å²) in [5.41, 5.74) is 2.13. The van der Waals surface area contributed by atoms with Crippen molar-refractivity contribution in [3.63, 3.8) is 0 Å². The summed E-state index contributed by atoms with van der Waals surface area (Å²) in [5.74, 6) is -0.483. The van der Waals surface area contributed by atoms with Crippen LogP contribution in [0.4, 0.5) is 0 Å².